The molecule has 2 unspecified atom stereocenters. The average Bonchev–Trinajstić information content (AvgIpc) is 2.47. The summed E-state index contributed by atoms with van der Waals surface area (Å²) < 4.78 is 20.5. The van der Waals surface area contributed by atoms with Crippen LogP contribution in [-0.4, -0.2) is 51.8 Å². The first-order valence-corrected chi connectivity index (χ1v) is 7.47. The third-order valence-electron chi connectivity index (χ3n) is 2.55. The highest BCUT2D eigenvalue weighted by Crippen LogP contribution is 2.47. The van der Waals surface area contributed by atoms with Gasteiger partial charge in [-0.2, -0.15) is 0 Å². The molecular weight excluding hydrogens is 250 g/mol. The summed E-state index contributed by atoms with van der Waals surface area (Å²) in [6, 6.07) is -0.447. The van der Waals surface area contributed by atoms with Crippen molar-refractivity contribution in [1.29, 1.82) is 0 Å². The van der Waals surface area contributed by atoms with Crippen LogP contribution in [0.2, 0.25) is 0 Å². The Hall–Kier alpha value is 0.515. The van der Waals surface area contributed by atoms with E-state index in [0.29, 0.717) is 6.61 Å². The lowest BCUT2D eigenvalue weighted by molar-refractivity contribution is -0.0145. The van der Waals surface area contributed by atoms with Gasteiger partial charge in [-0.25, -0.2) is 0 Å². The quantitative estimate of drug-likeness (QED) is 0.574. The third kappa shape index (κ3) is 3.50. The highest BCUT2D eigenvalue weighted by Gasteiger charge is 2.42. The van der Waals surface area contributed by atoms with E-state index in [0.717, 1.165) is 0 Å². The molecule has 16 heavy (non-hydrogen) atoms. The number of methoxy groups -OCH3 is 1. The zero-order valence-corrected chi connectivity index (χ0v) is 11.2. The van der Waals surface area contributed by atoms with E-state index >= 15 is 0 Å². The maximum atomic E-state index is 9.62. The highest BCUT2D eigenvalue weighted by molar-refractivity contribution is 8.07. The fourth-order valence-electron chi connectivity index (χ4n) is 1.59. The fraction of sp³-hybridized carbons (Fsp3) is 1.00. The maximum absolute atomic E-state index is 9.62. The molecular formula is C8H16BO5PS. The smallest absolute Gasteiger partial charge is 0.324 e. The number of hydrogen-bond donors (Lipinski definition) is 1. The van der Waals surface area contributed by atoms with Crippen LogP contribution in [0.25, 0.3) is 0 Å². The molecule has 0 bridgehead atoms. The Morgan fingerprint density at radius 3 is 2.62 bits per heavy atom. The van der Waals surface area contributed by atoms with Crippen molar-refractivity contribution in [3.63, 3.8) is 0 Å². The zero-order valence-electron chi connectivity index (χ0n) is 9.53. The molecule has 1 aliphatic heterocycles. The van der Waals surface area contributed by atoms with E-state index in [2.05, 4.69) is 0 Å². The van der Waals surface area contributed by atoms with Crippen molar-refractivity contribution in [3.8, 4) is 0 Å². The lowest BCUT2D eigenvalue weighted by Gasteiger charge is -2.24. The van der Waals surface area contributed by atoms with Gasteiger partial charge in [0.25, 0.3) is 0 Å². The van der Waals surface area contributed by atoms with Gasteiger partial charge in [0.05, 0.1) is 12.7 Å². The average molecular weight is 266 g/mol. The summed E-state index contributed by atoms with van der Waals surface area (Å²) in [5.74, 6) is -0.0789. The van der Waals surface area contributed by atoms with Crippen molar-refractivity contribution >= 4 is 26.4 Å². The van der Waals surface area contributed by atoms with Gasteiger partial charge in [0.1, 0.15) is 14.0 Å². The summed E-state index contributed by atoms with van der Waals surface area (Å²) >= 11 is 4.79. The van der Waals surface area contributed by atoms with Crippen molar-refractivity contribution in [1.82, 2.24) is 0 Å². The van der Waals surface area contributed by atoms with Gasteiger partial charge in [-0.3, -0.25) is 0 Å². The van der Waals surface area contributed by atoms with Gasteiger partial charge in [-0.15, -0.1) is 0 Å². The Balaban J connectivity index is 2.70. The van der Waals surface area contributed by atoms with Gasteiger partial charge in [-0.05, 0) is 11.8 Å². The fourth-order valence-corrected chi connectivity index (χ4v) is 2.61. The van der Waals surface area contributed by atoms with Crippen molar-refractivity contribution < 1.29 is 23.4 Å². The summed E-state index contributed by atoms with van der Waals surface area (Å²) in [6.45, 7) is -0.999. The molecule has 0 aromatic rings. The van der Waals surface area contributed by atoms with Crippen LogP contribution in [0.1, 0.15) is 6.92 Å². The summed E-state index contributed by atoms with van der Waals surface area (Å²) in [6.07, 6.45) is -0.745. The molecule has 0 amide bonds. The predicted octanol–water partition coefficient (Wildman–Crippen LogP) is 0.411. The van der Waals surface area contributed by atoms with Gasteiger partial charge in [0.15, 0.2) is 0 Å². The lowest BCUT2D eigenvalue weighted by atomic mass is 9.86. The van der Waals surface area contributed by atoms with Gasteiger partial charge >= 0.3 is 6.72 Å². The van der Waals surface area contributed by atoms with Crippen molar-refractivity contribution in [2.24, 2.45) is 5.92 Å². The van der Waals surface area contributed by atoms with Crippen LogP contribution in [0.3, 0.4) is 0 Å². The maximum Gasteiger partial charge on any atom is 0.324 e. The molecule has 5 nitrogen and oxygen atoms in total. The monoisotopic (exact) mass is 266 g/mol. The molecule has 0 aromatic heterocycles. The molecule has 8 heteroatoms. The van der Waals surface area contributed by atoms with Crippen molar-refractivity contribution in [3.05, 3.63) is 0 Å². The summed E-state index contributed by atoms with van der Waals surface area (Å²) in [4.78, 5) is 9.62. The molecule has 1 fully saturated rings. The highest BCUT2D eigenvalue weighted by atomic mass is 32.5. The topological polar surface area (TPSA) is 57.2 Å². The van der Waals surface area contributed by atoms with Crippen LogP contribution in [0.4, 0.5) is 0 Å². The third-order valence-corrected chi connectivity index (χ3v) is 4.23. The van der Waals surface area contributed by atoms with E-state index in [9.17, 15) is 4.89 Å². The molecule has 92 valence electrons. The van der Waals surface area contributed by atoms with E-state index < -0.39 is 18.8 Å². The van der Waals surface area contributed by atoms with Gasteiger partial charge in [0.2, 0.25) is 0 Å². The molecule has 1 aliphatic rings. The minimum Gasteiger partial charge on any atom is -0.382 e. The second-order valence-electron chi connectivity index (χ2n) is 3.67. The van der Waals surface area contributed by atoms with E-state index in [1.54, 1.807) is 7.11 Å². The Kier molecular flexibility index (Phi) is 5.39. The second-order valence-corrected chi connectivity index (χ2v) is 6.57. The molecule has 0 aromatic carbocycles. The summed E-state index contributed by atoms with van der Waals surface area (Å²) in [5, 5.41) is 0. The minimum absolute atomic E-state index is 0.0789. The van der Waals surface area contributed by atoms with Gasteiger partial charge in [0, 0.05) is 26.1 Å². The molecule has 1 heterocycles. The number of ether oxygens (including phenoxy) is 2. The van der Waals surface area contributed by atoms with Crippen molar-refractivity contribution in [2.75, 3.05) is 20.8 Å². The lowest BCUT2D eigenvalue weighted by Crippen LogP contribution is -2.31. The Morgan fingerprint density at radius 2 is 2.12 bits per heavy atom. The Bertz CT molecular complexity index is 279. The molecule has 0 spiro atoms. The molecule has 1 N–H and O–H groups in total. The SMILES string of the molecule is [B][C@@H]1O[C@H](COC)C(OP(O)(=S)OC)[C@@H]1C. The second kappa shape index (κ2) is 5.91. The van der Waals surface area contributed by atoms with E-state index in [-0.39, 0.29) is 12.0 Å². The molecule has 1 saturated heterocycles. The molecule has 2 radical (unpaired) electrons. The van der Waals surface area contributed by atoms with Crippen LogP contribution in [0.15, 0.2) is 0 Å². The standard InChI is InChI=1S/C8H16BO5PS/c1-5-7(14-15(10,16)12-3)6(4-11-2)13-8(5)9/h5-8H,4H2,1-3H3,(H,10,16)/t5-,6+,7?,8+,15?/m0/s1. The van der Waals surface area contributed by atoms with Gasteiger partial charge in [-0.1, -0.05) is 6.92 Å². The Morgan fingerprint density at radius 1 is 1.50 bits per heavy atom. The van der Waals surface area contributed by atoms with Crippen LogP contribution in [0.5, 0.6) is 0 Å². The van der Waals surface area contributed by atoms with E-state index in [1.807, 2.05) is 6.92 Å². The summed E-state index contributed by atoms with van der Waals surface area (Å²) in [5.41, 5.74) is 0. The molecule has 0 saturated carbocycles. The minimum atomic E-state index is -3.21. The van der Waals surface area contributed by atoms with Crippen LogP contribution >= 0.6 is 6.72 Å². The first kappa shape index (κ1) is 14.6. The summed E-state index contributed by atoms with van der Waals surface area (Å²) in [7, 11) is 8.62. The number of rotatable bonds is 5. The van der Waals surface area contributed by atoms with E-state index in [4.69, 9.17) is 38.2 Å². The van der Waals surface area contributed by atoms with Crippen molar-refractivity contribution in [2.45, 2.75) is 25.1 Å². The van der Waals surface area contributed by atoms with Gasteiger partial charge < -0.3 is 23.4 Å². The zero-order chi connectivity index (χ0) is 12.3. The first-order chi connectivity index (χ1) is 7.41. The molecule has 1 rings (SSSR count). The Labute approximate surface area is 102 Å². The molecule has 5 atom stereocenters. The largest absolute Gasteiger partial charge is 0.382 e. The van der Waals surface area contributed by atoms with Crippen LogP contribution < -0.4 is 0 Å². The molecule has 0 aliphatic carbocycles. The predicted molar refractivity (Wildman–Crippen MR) is 63.8 cm³/mol. The first-order valence-electron chi connectivity index (χ1n) is 4.88. The van der Waals surface area contributed by atoms with Crippen LogP contribution in [-0.2, 0) is 30.3 Å². The normalized spacial score (nSPS) is 38.5. The van der Waals surface area contributed by atoms with Crippen LogP contribution in [0, 0.1) is 5.92 Å². The van der Waals surface area contributed by atoms with E-state index in [1.165, 1.54) is 7.11 Å². The number of hydrogen-bond acceptors (Lipinski definition) is 5.